The van der Waals surface area contributed by atoms with Gasteiger partial charge in [-0.2, -0.15) is 4.99 Å². The van der Waals surface area contributed by atoms with Crippen molar-refractivity contribution in [2.45, 2.75) is 0 Å². The molecular formula is C7H12ClN5O. The lowest BCUT2D eigenvalue weighted by molar-refractivity contribution is 0.571. The summed E-state index contributed by atoms with van der Waals surface area (Å²) in [5.74, 6) is 0.286. The molecule has 0 amide bonds. The molecule has 1 aromatic heterocycles. The van der Waals surface area contributed by atoms with Crippen LogP contribution in [-0.2, 0) is 0 Å². The molecule has 14 heavy (non-hydrogen) atoms. The molecular weight excluding hydrogens is 206 g/mol. The van der Waals surface area contributed by atoms with Gasteiger partial charge in [0.25, 0.3) is 0 Å². The lowest BCUT2D eigenvalue weighted by atomic mass is 10.6. The fraction of sp³-hybridized carbons (Fsp3) is 0.143. The van der Waals surface area contributed by atoms with Gasteiger partial charge in [0.05, 0.1) is 6.26 Å². The molecule has 7 heteroatoms. The van der Waals surface area contributed by atoms with Crippen molar-refractivity contribution in [2.24, 2.45) is 16.5 Å². The molecule has 0 spiro atoms. The standard InChI is InChI=1S/C7H11N5O.ClH/c1-12(5-3-2-4-13-5)7(10)11-6(8)9;/h2-4H,1H3,(H5,8,9,10,11);1H. The van der Waals surface area contributed by atoms with Crippen LogP contribution in [0.1, 0.15) is 0 Å². The Kier molecular flexibility index (Phi) is 4.51. The van der Waals surface area contributed by atoms with Gasteiger partial charge in [0.2, 0.25) is 11.8 Å². The molecule has 0 saturated carbocycles. The Labute approximate surface area is 87.5 Å². The summed E-state index contributed by atoms with van der Waals surface area (Å²) < 4.78 is 5.03. The van der Waals surface area contributed by atoms with Crippen molar-refractivity contribution >= 4 is 30.2 Å². The number of nitrogens with zero attached hydrogens (tertiary/aromatic N) is 2. The molecule has 0 aliphatic carbocycles. The van der Waals surface area contributed by atoms with Crippen LogP contribution < -0.4 is 16.4 Å². The van der Waals surface area contributed by atoms with E-state index in [1.165, 1.54) is 11.2 Å². The van der Waals surface area contributed by atoms with Gasteiger partial charge in [-0.25, -0.2) is 0 Å². The third-order valence-corrected chi connectivity index (χ3v) is 1.39. The number of guanidine groups is 2. The number of nitrogens with two attached hydrogens (primary N) is 2. The molecule has 1 rings (SSSR count). The van der Waals surface area contributed by atoms with E-state index >= 15 is 0 Å². The van der Waals surface area contributed by atoms with Crippen molar-refractivity contribution in [1.29, 1.82) is 5.41 Å². The number of hydrogen-bond donors (Lipinski definition) is 3. The van der Waals surface area contributed by atoms with Gasteiger partial charge >= 0.3 is 0 Å². The predicted octanol–water partition coefficient (Wildman–Crippen LogP) is 0.346. The molecule has 6 nitrogen and oxygen atoms in total. The highest BCUT2D eigenvalue weighted by atomic mass is 35.5. The fourth-order valence-electron chi connectivity index (χ4n) is 0.762. The van der Waals surface area contributed by atoms with Crippen LogP contribution in [0.15, 0.2) is 27.8 Å². The Bertz CT molecular complexity index is 317. The number of furan rings is 1. The Balaban J connectivity index is 0.00000169. The first kappa shape index (κ1) is 12.3. The first-order valence-electron chi connectivity index (χ1n) is 3.56. The van der Waals surface area contributed by atoms with E-state index in [1.54, 1.807) is 19.2 Å². The largest absolute Gasteiger partial charge is 0.448 e. The maximum absolute atomic E-state index is 7.42. The zero-order valence-corrected chi connectivity index (χ0v) is 8.41. The summed E-state index contributed by atoms with van der Waals surface area (Å²) in [5, 5.41) is 7.42. The Morgan fingerprint density at radius 3 is 2.64 bits per heavy atom. The smallest absolute Gasteiger partial charge is 0.227 e. The van der Waals surface area contributed by atoms with Crippen molar-refractivity contribution in [3.8, 4) is 0 Å². The molecule has 0 radical (unpaired) electrons. The summed E-state index contributed by atoms with van der Waals surface area (Å²) in [6.45, 7) is 0. The average Bonchev–Trinajstić information content (AvgIpc) is 2.53. The van der Waals surface area contributed by atoms with Crippen molar-refractivity contribution in [3.63, 3.8) is 0 Å². The minimum atomic E-state index is -0.150. The normalized spacial score (nSPS) is 8.64. The van der Waals surface area contributed by atoms with Crippen LogP contribution >= 0.6 is 12.4 Å². The molecule has 1 aromatic rings. The highest BCUT2D eigenvalue weighted by Crippen LogP contribution is 2.12. The number of anilines is 1. The van der Waals surface area contributed by atoms with Crippen LogP contribution in [0, 0.1) is 5.41 Å². The van der Waals surface area contributed by atoms with E-state index < -0.39 is 0 Å². The molecule has 0 aliphatic heterocycles. The summed E-state index contributed by atoms with van der Waals surface area (Å²) in [6, 6.07) is 3.42. The maximum atomic E-state index is 7.42. The van der Waals surface area contributed by atoms with Crippen LogP contribution in [0.25, 0.3) is 0 Å². The van der Waals surface area contributed by atoms with Crippen LogP contribution in [-0.4, -0.2) is 19.0 Å². The molecule has 0 atom stereocenters. The zero-order chi connectivity index (χ0) is 9.84. The van der Waals surface area contributed by atoms with Gasteiger partial charge in [0, 0.05) is 13.1 Å². The highest BCUT2D eigenvalue weighted by Gasteiger charge is 2.07. The minimum Gasteiger partial charge on any atom is -0.448 e. The highest BCUT2D eigenvalue weighted by molar-refractivity contribution is 5.99. The quantitative estimate of drug-likeness (QED) is 0.466. The van der Waals surface area contributed by atoms with Crippen LogP contribution in [0.2, 0.25) is 0 Å². The van der Waals surface area contributed by atoms with Gasteiger partial charge in [-0.05, 0) is 6.07 Å². The van der Waals surface area contributed by atoms with Gasteiger partial charge in [-0.1, -0.05) is 0 Å². The van der Waals surface area contributed by atoms with E-state index in [1.807, 2.05) is 0 Å². The predicted molar refractivity (Wildman–Crippen MR) is 57.9 cm³/mol. The summed E-state index contributed by atoms with van der Waals surface area (Å²) in [4.78, 5) is 4.97. The Hall–Kier alpha value is -1.69. The van der Waals surface area contributed by atoms with Gasteiger partial charge in [0.15, 0.2) is 5.96 Å². The van der Waals surface area contributed by atoms with Crippen LogP contribution in [0.4, 0.5) is 5.88 Å². The van der Waals surface area contributed by atoms with Crippen LogP contribution in [0.3, 0.4) is 0 Å². The second-order valence-electron chi connectivity index (χ2n) is 2.37. The number of aliphatic imine (C=N–C) groups is 1. The van der Waals surface area contributed by atoms with E-state index in [0.717, 1.165) is 0 Å². The summed E-state index contributed by atoms with van der Waals surface area (Å²) in [5.41, 5.74) is 10.2. The SMILES string of the molecule is CN(C(=N)N=C(N)N)c1ccco1.Cl. The first-order chi connectivity index (χ1) is 6.11. The molecule has 0 unspecified atom stereocenters. The zero-order valence-electron chi connectivity index (χ0n) is 7.60. The summed E-state index contributed by atoms with van der Waals surface area (Å²) in [6.07, 6.45) is 1.51. The van der Waals surface area contributed by atoms with E-state index in [4.69, 9.17) is 21.3 Å². The Morgan fingerprint density at radius 1 is 1.57 bits per heavy atom. The Morgan fingerprint density at radius 2 is 2.21 bits per heavy atom. The molecule has 1 heterocycles. The second kappa shape index (κ2) is 5.13. The van der Waals surface area contributed by atoms with Gasteiger partial charge in [-0.15, -0.1) is 12.4 Å². The average molecular weight is 218 g/mol. The monoisotopic (exact) mass is 217 g/mol. The van der Waals surface area contributed by atoms with E-state index in [-0.39, 0.29) is 24.3 Å². The minimum absolute atomic E-state index is 0. The van der Waals surface area contributed by atoms with E-state index in [9.17, 15) is 0 Å². The third-order valence-electron chi connectivity index (χ3n) is 1.39. The first-order valence-corrected chi connectivity index (χ1v) is 3.56. The summed E-state index contributed by atoms with van der Waals surface area (Å²) >= 11 is 0. The van der Waals surface area contributed by atoms with Gasteiger partial charge in [-0.3, -0.25) is 10.3 Å². The topological polar surface area (TPSA) is 105 Å². The molecule has 0 fully saturated rings. The lowest BCUT2D eigenvalue weighted by Crippen LogP contribution is -2.30. The third kappa shape index (κ3) is 2.98. The second-order valence-corrected chi connectivity index (χ2v) is 2.37. The number of nitrogens with one attached hydrogen (secondary N) is 1. The molecule has 0 bridgehead atoms. The van der Waals surface area contributed by atoms with Crippen molar-refractivity contribution < 1.29 is 4.42 Å². The van der Waals surface area contributed by atoms with Crippen molar-refractivity contribution in [2.75, 3.05) is 11.9 Å². The molecule has 78 valence electrons. The van der Waals surface area contributed by atoms with E-state index in [0.29, 0.717) is 5.88 Å². The molecule has 0 aliphatic rings. The number of hydrogen-bond acceptors (Lipinski definition) is 2. The summed E-state index contributed by atoms with van der Waals surface area (Å²) in [7, 11) is 1.63. The van der Waals surface area contributed by atoms with Gasteiger partial charge < -0.3 is 15.9 Å². The molecule has 0 aromatic carbocycles. The van der Waals surface area contributed by atoms with E-state index in [2.05, 4.69) is 4.99 Å². The molecule has 0 saturated heterocycles. The van der Waals surface area contributed by atoms with Gasteiger partial charge in [0.1, 0.15) is 0 Å². The van der Waals surface area contributed by atoms with Crippen molar-refractivity contribution in [3.05, 3.63) is 18.4 Å². The van der Waals surface area contributed by atoms with Crippen molar-refractivity contribution in [1.82, 2.24) is 0 Å². The lowest BCUT2D eigenvalue weighted by Gasteiger charge is -2.12. The van der Waals surface area contributed by atoms with Crippen LogP contribution in [0.5, 0.6) is 0 Å². The fourth-order valence-corrected chi connectivity index (χ4v) is 0.762. The molecule has 5 N–H and O–H groups in total. The maximum Gasteiger partial charge on any atom is 0.227 e. The number of halogens is 1. The number of rotatable bonds is 1.